The highest BCUT2D eigenvalue weighted by Crippen LogP contribution is 2.11. The van der Waals surface area contributed by atoms with Crippen LogP contribution in [0.5, 0.6) is 0 Å². The second kappa shape index (κ2) is 3.73. The number of nitrogen functional groups attached to an aromatic ring is 1. The number of anilines is 1. The lowest BCUT2D eigenvalue weighted by Crippen LogP contribution is -2.34. The number of halogens is 1. The third-order valence-corrected chi connectivity index (χ3v) is 1.50. The van der Waals surface area contributed by atoms with Gasteiger partial charge in [0.25, 0.3) is 5.91 Å². The van der Waals surface area contributed by atoms with Crippen molar-refractivity contribution >= 4 is 17.6 Å². The third kappa shape index (κ3) is 2.19. The van der Waals surface area contributed by atoms with Gasteiger partial charge in [-0.1, -0.05) is 0 Å². The predicted molar refractivity (Wildman–Crippen MR) is 47.9 cm³/mol. The summed E-state index contributed by atoms with van der Waals surface area (Å²) in [7, 11) is 0. The lowest BCUT2D eigenvalue weighted by atomic mass is 10.2. The van der Waals surface area contributed by atoms with E-state index in [4.69, 9.17) is 11.5 Å². The summed E-state index contributed by atoms with van der Waals surface area (Å²) < 4.78 is 12.9. The summed E-state index contributed by atoms with van der Waals surface area (Å²) in [5, 5.41) is 1.80. The maximum atomic E-state index is 12.9. The molecule has 0 saturated heterocycles. The zero-order chi connectivity index (χ0) is 10.7. The van der Waals surface area contributed by atoms with Crippen molar-refractivity contribution in [1.82, 2.24) is 5.32 Å². The van der Waals surface area contributed by atoms with Crippen LogP contribution >= 0.6 is 0 Å². The van der Waals surface area contributed by atoms with Crippen LogP contribution in [0.1, 0.15) is 10.4 Å². The summed E-state index contributed by atoms with van der Waals surface area (Å²) in [6, 6.07) is 2.45. The van der Waals surface area contributed by atoms with Crippen LogP contribution in [0.3, 0.4) is 0 Å². The molecule has 0 aliphatic rings. The third-order valence-electron chi connectivity index (χ3n) is 1.50. The standard InChI is InChI=1S/C8H8FN3O2/c9-5-3-4(1-2-6(5)10)7(13)12-8(11)14/h1-3H,10H2,(H3,11,12,13,14). The van der Waals surface area contributed by atoms with Crippen LogP contribution in [0.25, 0.3) is 0 Å². The number of urea groups is 1. The van der Waals surface area contributed by atoms with Gasteiger partial charge in [0.15, 0.2) is 0 Å². The molecule has 0 aliphatic carbocycles. The first-order valence-electron chi connectivity index (χ1n) is 3.66. The normalized spacial score (nSPS) is 9.50. The Morgan fingerprint density at radius 2 is 2.00 bits per heavy atom. The van der Waals surface area contributed by atoms with Gasteiger partial charge >= 0.3 is 6.03 Å². The highest BCUT2D eigenvalue weighted by molar-refractivity contribution is 6.03. The number of carbonyl (C=O) groups excluding carboxylic acids is 2. The molecule has 0 saturated carbocycles. The van der Waals surface area contributed by atoms with Crippen molar-refractivity contribution in [3.8, 4) is 0 Å². The molecular weight excluding hydrogens is 189 g/mol. The Morgan fingerprint density at radius 1 is 1.36 bits per heavy atom. The largest absolute Gasteiger partial charge is 0.396 e. The fourth-order valence-electron chi connectivity index (χ4n) is 0.852. The minimum Gasteiger partial charge on any atom is -0.396 e. The molecule has 0 heterocycles. The predicted octanol–water partition coefficient (Wildman–Crippen LogP) is 0.216. The number of amides is 3. The molecular formula is C8H8FN3O2. The van der Waals surface area contributed by atoms with Gasteiger partial charge in [-0.15, -0.1) is 0 Å². The zero-order valence-electron chi connectivity index (χ0n) is 7.08. The van der Waals surface area contributed by atoms with E-state index in [0.29, 0.717) is 0 Å². The highest BCUT2D eigenvalue weighted by atomic mass is 19.1. The van der Waals surface area contributed by atoms with E-state index >= 15 is 0 Å². The van der Waals surface area contributed by atoms with Crippen molar-refractivity contribution in [3.05, 3.63) is 29.6 Å². The number of carbonyl (C=O) groups is 2. The van der Waals surface area contributed by atoms with E-state index in [1.165, 1.54) is 12.1 Å². The van der Waals surface area contributed by atoms with Gasteiger partial charge in [-0.25, -0.2) is 9.18 Å². The van der Waals surface area contributed by atoms with Gasteiger partial charge in [0, 0.05) is 5.56 Å². The number of benzene rings is 1. The van der Waals surface area contributed by atoms with Gasteiger partial charge in [-0.2, -0.15) is 0 Å². The summed E-state index contributed by atoms with van der Waals surface area (Å²) >= 11 is 0. The van der Waals surface area contributed by atoms with E-state index < -0.39 is 17.8 Å². The lowest BCUT2D eigenvalue weighted by molar-refractivity contribution is 0.0966. The summed E-state index contributed by atoms with van der Waals surface area (Å²) in [4.78, 5) is 21.4. The molecule has 1 rings (SSSR count). The minimum atomic E-state index is -0.993. The molecule has 1 aromatic rings. The van der Waals surface area contributed by atoms with Crippen LogP contribution in [0, 0.1) is 5.82 Å². The molecule has 74 valence electrons. The lowest BCUT2D eigenvalue weighted by Gasteiger charge is -2.01. The van der Waals surface area contributed by atoms with Crippen LogP contribution in [0.2, 0.25) is 0 Å². The number of nitrogens with two attached hydrogens (primary N) is 2. The van der Waals surface area contributed by atoms with Crippen molar-refractivity contribution in [1.29, 1.82) is 0 Å². The van der Waals surface area contributed by atoms with Crippen LogP contribution < -0.4 is 16.8 Å². The Bertz CT molecular complexity index is 392. The fourth-order valence-corrected chi connectivity index (χ4v) is 0.852. The maximum absolute atomic E-state index is 12.9. The SMILES string of the molecule is NC(=O)NC(=O)c1ccc(N)c(F)c1. The highest BCUT2D eigenvalue weighted by Gasteiger charge is 2.09. The van der Waals surface area contributed by atoms with E-state index in [-0.39, 0.29) is 11.3 Å². The van der Waals surface area contributed by atoms with Crippen LogP contribution in [-0.4, -0.2) is 11.9 Å². The Labute approximate surface area is 78.9 Å². The second-order valence-corrected chi connectivity index (χ2v) is 2.55. The molecule has 3 amide bonds. The Hall–Kier alpha value is -2.11. The fraction of sp³-hybridized carbons (Fsp3) is 0. The van der Waals surface area contributed by atoms with Crippen molar-refractivity contribution in [3.63, 3.8) is 0 Å². The number of primary amides is 1. The van der Waals surface area contributed by atoms with E-state index in [9.17, 15) is 14.0 Å². The summed E-state index contributed by atoms with van der Waals surface area (Å²) in [6.45, 7) is 0. The molecule has 5 nitrogen and oxygen atoms in total. The van der Waals surface area contributed by atoms with E-state index in [0.717, 1.165) is 6.07 Å². The summed E-state index contributed by atoms with van der Waals surface area (Å²) in [5.41, 5.74) is 9.81. The molecule has 1 aromatic carbocycles. The summed E-state index contributed by atoms with van der Waals surface area (Å²) in [6.07, 6.45) is 0. The van der Waals surface area contributed by atoms with Gasteiger partial charge in [0.1, 0.15) is 5.82 Å². The molecule has 0 unspecified atom stereocenters. The van der Waals surface area contributed by atoms with Crippen molar-refractivity contribution in [2.24, 2.45) is 5.73 Å². The summed E-state index contributed by atoms with van der Waals surface area (Å²) in [5.74, 6) is -1.49. The van der Waals surface area contributed by atoms with Crippen LogP contribution in [-0.2, 0) is 0 Å². The Morgan fingerprint density at radius 3 is 2.50 bits per heavy atom. The van der Waals surface area contributed by atoms with E-state index in [1.54, 1.807) is 5.32 Å². The average Bonchev–Trinajstić information content (AvgIpc) is 2.08. The van der Waals surface area contributed by atoms with E-state index in [1.807, 2.05) is 0 Å². The van der Waals surface area contributed by atoms with Gasteiger partial charge in [0.05, 0.1) is 5.69 Å². The first kappa shape index (κ1) is 9.97. The molecule has 0 spiro atoms. The maximum Gasteiger partial charge on any atom is 0.319 e. The van der Waals surface area contributed by atoms with Gasteiger partial charge < -0.3 is 11.5 Å². The number of rotatable bonds is 1. The zero-order valence-corrected chi connectivity index (χ0v) is 7.08. The van der Waals surface area contributed by atoms with Crippen molar-refractivity contribution in [2.45, 2.75) is 0 Å². The Balaban J connectivity index is 2.91. The molecule has 5 N–H and O–H groups in total. The second-order valence-electron chi connectivity index (χ2n) is 2.55. The smallest absolute Gasteiger partial charge is 0.319 e. The number of hydrogen-bond acceptors (Lipinski definition) is 3. The molecule has 0 radical (unpaired) electrons. The van der Waals surface area contributed by atoms with Crippen LogP contribution in [0.15, 0.2) is 18.2 Å². The average molecular weight is 197 g/mol. The number of hydrogen-bond donors (Lipinski definition) is 3. The van der Waals surface area contributed by atoms with Gasteiger partial charge in [-0.3, -0.25) is 10.1 Å². The van der Waals surface area contributed by atoms with Crippen molar-refractivity contribution < 1.29 is 14.0 Å². The molecule has 6 heteroatoms. The van der Waals surface area contributed by atoms with Crippen molar-refractivity contribution in [2.75, 3.05) is 5.73 Å². The molecule has 0 atom stereocenters. The molecule has 14 heavy (non-hydrogen) atoms. The topological polar surface area (TPSA) is 98.2 Å². The van der Waals surface area contributed by atoms with Crippen LogP contribution in [0.4, 0.5) is 14.9 Å². The minimum absolute atomic E-state index is 0.0181. The first-order valence-corrected chi connectivity index (χ1v) is 3.66. The van der Waals surface area contributed by atoms with Gasteiger partial charge in [-0.05, 0) is 18.2 Å². The van der Waals surface area contributed by atoms with E-state index in [2.05, 4.69) is 0 Å². The molecule has 0 bridgehead atoms. The number of imide groups is 1. The van der Waals surface area contributed by atoms with Gasteiger partial charge in [0.2, 0.25) is 0 Å². The quantitative estimate of drug-likeness (QED) is 0.561. The number of nitrogens with one attached hydrogen (secondary N) is 1. The Kier molecular flexibility index (Phi) is 2.66. The molecule has 0 aromatic heterocycles. The molecule has 0 fully saturated rings. The first-order chi connectivity index (χ1) is 6.50. The monoisotopic (exact) mass is 197 g/mol. The molecule has 0 aliphatic heterocycles.